The first-order valence-electron chi connectivity index (χ1n) is 8.45. The summed E-state index contributed by atoms with van der Waals surface area (Å²) in [5, 5.41) is 3.34. The van der Waals surface area contributed by atoms with Gasteiger partial charge < -0.3 is 19.7 Å². The Morgan fingerprint density at radius 2 is 2.09 bits per heavy atom. The minimum atomic E-state index is 0.112. The number of benzene rings is 1. The fourth-order valence-corrected chi connectivity index (χ4v) is 3.26. The van der Waals surface area contributed by atoms with Crippen molar-refractivity contribution in [2.24, 2.45) is 5.92 Å². The number of ether oxygens (including phenoxy) is 2. The van der Waals surface area contributed by atoms with Gasteiger partial charge in [0.05, 0.1) is 20.1 Å². The Morgan fingerprint density at radius 1 is 1.26 bits per heavy atom. The maximum absolute atomic E-state index is 13.0. The van der Waals surface area contributed by atoms with Crippen LogP contribution in [0.2, 0.25) is 0 Å². The molecule has 0 radical (unpaired) electrons. The summed E-state index contributed by atoms with van der Waals surface area (Å²) in [7, 11) is 3.32. The first-order chi connectivity index (χ1) is 11.2. The molecule has 1 amide bonds. The van der Waals surface area contributed by atoms with E-state index in [1.165, 1.54) is 0 Å². The van der Waals surface area contributed by atoms with Gasteiger partial charge in [-0.05, 0) is 50.4 Å². The second-order valence-corrected chi connectivity index (χ2v) is 6.42. The Bertz CT molecular complexity index is 551. The third-order valence-electron chi connectivity index (χ3n) is 4.75. The summed E-state index contributed by atoms with van der Waals surface area (Å²) in [6, 6.07) is 6.16. The van der Waals surface area contributed by atoms with Gasteiger partial charge in [-0.2, -0.15) is 0 Å². The topological polar surface area (TPSA) is 50.8 Å². The molecular formula is C18H26N2O3. The fraction of sp³-hybridized carbons (Fsp3) is 0.611. The van der Waals surface area contributed by atoms with Crippen molar-refractivity contribution in [3.8, 4) is 11.5 Å². The smallest absolute Gasteiger partial charge is 0.227 e. The molecule has 1 N–H and O–H groups in total. The number of carbonyl (C=O) groups excluding carboxylic acids is 1. The second kappa shape index (κ2) is 7.21. The van der Waals surface area contributed by atoms with Crippen LogP contribution in [-0.2, 0) is 11.3 Å². The van der Waals surface area contributed by atoms with Crippen LogP contribution in [0.1, 0.15) is 31.2 Å². The highest BCUT2D eigenvalue weighted by Crippen LogP contribution is 2.33. The predicted molar refractivity (Wildman–Crippen MR) is 88.7 cm³/mol. The van der Waals surface area contributed by atoms with Crippen molar-refractivity contribution in [2.45, 2.75) is 38.3 Å². The molecule has 1 aliphatic heterocycles. The summed E-state index contributed by atoms with van der Waals surface area (Å²) in [4.78, 5) is 15.0. The molecule has 1 unspecified atom stereocenters. The van der Waals surface area contributed by atoms with E-state index < -0.39 is 0 Å². The monoisotopic (exact) mass is 318 g/mol. The van der Waals surface area contributed by atoms with Gasteiger partial charge in [-0.25, -0.2) is 0 Å². The summed E-state index contributed by atoms with van der Waals surface area (Å²) in [6.07, 6.45) is 4.29. The van der Waals surface area contributed by atoms with E-state index in [1.807, 2.05) is 18.2 Å². The standard InChI is InChI=1S/C18H26N2O3/c1-22-16-7-8-17(23-2)14(10-16)12-20(15-5-6-15)18(21)13-4-3-9-19-11-13/h7-8,10,13,15,19H,3-6,9,11-12H2,1-2H3. The Hall–Kier alpha value is -1.75. The van der Waals surface area contributed by atoms with E-state index in [0.717, 1.165) is 55.8 Å². The molecule has 0 bridgehead atoms. The van der Waals surface area contributed by atoms with E-state index in [1.54, 1.807) is 14.2 Å². The molecule has 1 atom stereocenters. The molecule has 0 aromatic heterocycles. The number of hydrogen-bond acceptors (Lipinski definition) is 4. The van der Waals surface area contributed by atoms with Gasteiger partial charge in [0, 0.05) is 24.7 Å². The molecule has 3 rings (SSSR count). The van der Waals surface area contributed by atoms with E-state index in [4.69, 9.17) is 9.47 Å². The van der Waals surface area contributed by atoms with Crippen LogP contribution in [-0.4, -0.2) is 44.2 Å². The van der Waals surface area contributed by atoms with E-state index in [2.05, 4.69) is 10.2 Å². The molecule has 126 valence electrons. The summed E-state index contributed by atoms with van der Waals surface area (Å²) < 4.78 is 10.8. The van der Waals surface area contributed by atoms with Gasteiger partial charge in [0.1, 0.15) is 11.5 Å². The van der Waals surface area contributed by atoms with Crippen LogP contribution in [0.3, 0.4) is 0 Å². The Labute approximate surface area is 137 Å². The van der Waals surface area contributed by atoms with Crippen molar-refractivity contribution in [2.75, 3.05) is 27.3 Å². The lowest BCUT2D eigenvalue weighted by Crippen LogP contribution is -2.43. The van der Waals surface area contributed by atoms with Gasteiger partial charge >= 0.3 is 0 Å². The second-order valence-electron chi connectivity index (χ2n) is 6.42. The Morgan fingerprint density at radius 3 is 2.70 bits per heavy atom. The Balaban J connectivity index is 1.78. The molecule has 2 fully saturated rings. The molecule has 2 aliphatic rings. The molecule has 1 aromatic rings. The zero-order valence-electron chi connectivity index (χ0n) is 14.0. The number of nitrogens with zero attached hydrogens (tertiary/aromatic N) is 1. The van der Waals surface area contributed by atoms with Crippen molar-refractivity contribution in [3.05, 3.63) is 23.8 Å². The van der Waals surface area contributed by atoms with Gasteiger partial charge in [0.2, 0.25) is 5.91 Å². The number of methoxy groups -OCH3 is 2. The van der Waals surface area contributed by atoms with Crippen LogP contribution < -0.4 is 14.8 Å². The number of carbonyl (C=O) groups is 1. The average molecular weight is 318 g/mol. The highest BCUT2D eigenvalue weighted by molar-refractivity contribution is 5.80. The van der Waals surface area contributed by atoms with Crippen molar-refractivity contribution in [1.29, 1.82) is 0 Å². The summed E-state index contributed by atoms with van der Waals surface area (Å²) in [5.41, 5.74) is 1.01. The number of rotatable bonds is 6. The van der Waals surface area contributed by atoms with Gasteiger partial charge in [0.15, 0.2) is 0 Å². The maximum Gasteiger partial charge on any atom is 0.227 e. The SMILES string of the molecule is COc1ccc(OC)c(CN(C(=O)C2CCCNC2)C2CC2)c1. The molecule has 1 heterocycles. The predicted octanol–water partition coefficient (Wildman–Crippen LogP) is 2.19. The van der Waals surface area contributed by atoms with Crippen molar-refractivity contribution >= 4 is 5.91 Å². The maximum atomic E-state index is 13.0. The largest absolute Gasteiger partial charge is 0.497 e. The number of nitrogens with one attached hydrogen (secondary N) is 1. The number of piperidine rings is 1. The minimum absolute atomic E-state index is 0.112. The van der Waals surface area contributed by atoms with Crippen LogP contribution in [0.5, 0.6) is 11.5 Å². The van der Waals surface area contributed by atoms with Crippen molar-refractivity contribution in [3.63, 3.8) is 0 Å². The molecule has 5 heteroatoms. The number of amides is 1. The third kappa shape index (κ3) is 3.78. The summed E-state index contributed by atoms with van der Waals surface area (Å²) >= 11 is 0. The zero-order chi connectivity index (χ0) is 16.2. The van der Waals surface area contributed by atoms with E-state index >= 15 is 0 Å². The van der Waals surface area contributed by atoms with E-state index in [0.29, 0.717) is 12.6 Å². The average Bonchev–Trinajstić information content (AvgIpc) is 3.44. The molecular weight excluding hydrogens is 292 g/mol. The highest BCUT2D eigenvalue weighted by Gasteiger charge is 2.36. The van der Waals surface area contributed by atoms with Crippen LogP contribution in [0, 0.1) is 5.92 Å². The normalized spacial score (nSPS) is 20.9. The molecule has 23 heavy (non-hydrogen) atoms. The molecule has 1 saturated heterocycles. The zero-order valence-corrected chi connectivity index (χ0v) is 14.0. The third-order valence-corrected chi connectivity index (χ3v) is 4.75. The Kier molecular flexibility index (Phi) is 5.06. The van der Waals surface area contributed by atoms with E-state index in [-0.39, 0.29) is 11.8 Å². The van der Waals surface area contributed by atoms with E-state index in [9.17, 15) is 4.79 Å². The molecule has 5 nitrogen and oxygen atoms in total. The van der Waals surface area contributed by atoms with Crippen molar-refractivity contribution in [1.82, 2.24) is 10.2 Å². The lowest BCUT2D eigenvalue weighted by Gasteiger charge is -2.30. The van der Waals surface area contributed by atoms with Gasteiger partial charge in [-0.15, -0.1) is 0 Å². The van der Waals surface area contributed by atoms with Crippen LogP contribution in [0.4, 0.5) is 0 Å². The van der Waals surface area contributed by atoms with Crippen LogP contribution >= 0.6 is 0 Å². The lowest BCUT2D eigenvalue weighted by atomic mass is 9.97. The quantitative estimate of drug-likeness (QED) is 0.873. The summed E-state index contributed by atoms with van der Waals surface area (Å²) in [6.45, 7) is 2.43. The molecule has 1 saturated carbocycles. The van der Waals surface area contributed by atoms with Gasteiger partial charge in [-0.3, -0.25) is 4.79 Å². The van der Waals surface area contributed by atoms with Gasteiger partial charge in [-0.1, -0.05) is 0 Å². The number of hydrogen-bond donors (Lipinski definition) is 1. The highest BCUT2D eigenvalue weighted by atomic mass is 16.5. The van der Waals surface area contributed by atoms with Crippen LogP contribution in [0.25, 0.3) is 0 Å². The fourth-order valence-electron chi connectivity index (χ4n) is 3.26. The first-order valence-corrected chi connectivity index (χ1v) is 8.45. The minimum Gasteiger partial charge on any atom is -0.497 e. The van der Waals surface area contributed by atoms with Crippen molar-refractivity contribution < 1.29 is 14.3 Å². The van der Waals surface area contributed by atoms with Gasteiger partial charge in [0.25, 0.3) is 0 Å². The van der Waals surface area contributed by atoms with Crippen LogP contribution in [0.15, 0.2) is 18.2 Å². The lowest BCUT2D eigenvalue weighted by molar-refractivity contribution is -0.137. The molecule has 1 aliphatic carbocycles. The molecule has 0 spiro atoms. The summed E-state index contributed by atoms with van der Waals surface area (Å²) in [5.74, 6) is 2.00. The molecule has 1 aromatic carbocycles. The first kappa shape index (κ1) is 16.1.